The number of likely N-dealkylation sites (N-methyl/N-ethyl adjacent to an activating group) is 1. The Hall–Kier alpha value is -1.22. The number of guanidine groups is 1. The number of rotatable bonds is 7. The highest BCUT2D eigenvalue weighted by molar-refractivity contribution is 14.0. The topological polar surface area (TPSA) is 55.3 Å². The molecule has 1 saturated carbocycles. The van der Waals surface area contributed by atoms with E-state index in [-0.39, 0.29) is 24.0 Å². The molecule has 1 fully saturated rings. The number of para-hydroxylation sites is 1. The van der Waals surface area contributed by atoms with Crippen LogP contribution in [-0.4, -0.2) is 57.9 Å². The monoisotopic (exact) mass is 475 g/mol. The predicted octanol–water partition coefficient (Wildman–Crippen LogP) is 2.90. The zero-order valence-electron chi connectivity index (χ0n) is 15.7. The zero-order valence-corrected chi connectivity index (χ0v) is 18.0. The Balaban J connectivity index is 0.00000243. The van der Waals surface area contributed by atoms with Gasteiger partial charge in [-0.25, -0.2) is 0 Å². The number of aliphatic imine (C=N–C) groups is 1. The van der Waals surface area contributed by atoms with Crippen LogP contribution in [0.25, 0.3) is 0 Å². The van der Waals surface area contributed by atoms with Crippen molar-refractivity contribution in [2.75, 3.05) is 47.1 Å². The lowest BCUT2D eigenvalue weighted by molar-refractivity contribution is 0.115. The fourth-order valence-corrected chi connectivity index (χ4v) is 2.79. The van der Waals surface area contributed by atoms with E-state index < -0.39 is 0 Å². The first-order chi connectivity index (χ1) is 12.3. The van der Waals surface area contributed by atoms with Crippen molar-refractivity contribution in [3.8, 4) is 11.5 Å². The smallest absolute Gasteiger partial charge is 0.193 e. The Morgan fingerprint density at radius 1 is 1.31 bits per heavy atom. The zero-order chi connectivity index (χ0) is 17.5. The molecule has 0 radical (unpaired) electrons. The summed E-state index contributed by atoms with van der Waals surface area (Å²) in [5.74, 6) is 3.33. The highest BCUT2D eigenvalue weighted by Crippen LogP contribution is 2.33. The maximum atomic E-state index is 5.88. The average Bonchev–Trinajstić information content (AvgIpc) is 3.46. The van der Waals surface area contributed by atoms with Crippen LogP contribution in [0.1, 0.15) is 24.8 Å². The number of nitrogens with one attached hydrogen (secondary N) is 1. The molecular weight excluding hydrogens is 445 g/mol. The summed E-state index contributed by atoms with van der Waals surface area (Å²) in [5, 5.41) is 3.40. The third-order valence-corrected chi connectivity index (χ3v) is 4.48. The molecule has 146 valence electrons. The largest absolute Gasteiger partial charge is 0.490 e. The molecule has 1 aliphatic heterocycles. The number of fused-ring (bicyclic) bond motifs is 1. The van der Waals surface area contributed by atoms with E-state index in [1.54, 1.807) is 7.05 Å². The molecule has 0 atom stereocenters. The minimum atomic E-state index is 0. The normalized spacial score (nSPS) is 16.5. The Morgan fingerprint density at radius 3 is 2.88 bits per heavy atom. The summed E-state index contributed by atoms with van der Waals surface area (Å²) in [4.78, 5) is 6.45. The molecule has 0 amide bonds. The molecule has 7 heteroatoms. The number of ether oxygens (including phenoxy) is 3. The summed E-state index contributed by atoms with van der Waals surface area (Å²) < 4.78 is 17.3. The highest BCUT2D eigenvalue weighted by atomic mass is 127. The Kier molecular flexibility index (Phi) is 8.77. The summed E-state index contributed by atoms with van der Waals surface area (Å²) in [6.45, 7) is 4.48. The minimum absolute atomic E-state index is 0. The van der Waals surface area contributed by atoms with Gasteiger partial charge in [0.05, 0.1) is 19.8 Å². The summed E-state index contributed by atoms with van der Waals surface area (Å²) in [5.41, 5.74) is 1.08. The molecule has 6 nitrogen and oxygen atoms in total. The van der Waals surface area contributed by atoms with Crippen molar-refractivity contribution < 1.29 is 14.2 Å². The first kappa shape index (κ1) is 21.1. The van der Waals surface area contributed by atoms with E-state index in [1.807, 2.05) is 19.2 Å². The van der Waals surface area contributed by atoms with Gasteiger partial charge in [0.1, 0.15) is 0 Å². The first-order valence-corrected chi connectivity index (χ1v) is 9.15. The van der Waals surface area contributed by atoms with Gasteiger partial charge in [0.2, 0.25) is 0 Å². The van der Waals surface area contributed by atoms with Crippen molar-refractivity contribution in [2.24, 2.45) is 10.9 Å². The maximum absolute atomic E-state index is 5.88. The van der Waals surface area contributed by atoms with E-state index in [1.165, 1.54) is 12.8 Å². The van der Waals surface area contributed by atoms with Crippen molar-refractivity contribution in [1.29, 1.82) is 0 Å². The number of hydrogen-bond donors (Lipinski definition) is 1. The molecule has 0 aromatic heterocycles. The Bertz CT molecular complexity index is 593. The second-order valence-corrected chi connectivity index (χ2v) is 6.64. The van der Waals surface area contributed by atoms with Crippen LogP contribution in [0.3, 0.4) is 0 Å². The van der Waals surface area contributed by atoms with E-state index in [4.69, 9.17) is 14.2 Å². The molecule has 1 aromatic carbocycles. The van der Waals surface area contributed by atoms with Crippen LogP contribution in [0.2, 0.25) is 0 Å². The maximum Gasteiger partial charge on any atom is 0.193 e. The highest BCUT2D eigenvalue weighted by Gasteiger charge is 2.21. The van der Waals surface area contributed by atoms with Crippen LogP contribution in [0.4, 0.5) is 0 Å². The molecule has 2 aliphatic rings. The quantitative estimate of drug-likeness (QED) is 0.285. The van der Waals surface area contributed by atoms with Crippen molar-refractivity contribution in [3.63, 3.8) is 0 Å². The van der Waals surface area contributed by atoms with Gasteiger partial charge in [-0.2, -0.15) is 0 Å². The average molecular weight is 475 g/mol. The van der Waals surface area contributed by atoms with Crippen LogP contribution in [0, 0.1) is 5.92 Å². The summed E-state index contributed by atoms with van der Waals surface area (Å²) in [7, 11) is 3.83. The molecule has 0 bridgehead atoms. The summed E-state index contributed by atoms with van der Waals surface area (Å²) in [6, 6.07) is 6.03. The van der Waals surface area contributed by atoms with Crippen LogP contribution < -0.4 is 14.8 Å². The molecule has 1 aromatic rings. The number of benzene rings is 1. The number of halogens is 1. The second kappa shape index (κ2) is 10.8. The van der Waals surface area contributed by atoms with E-state index >= 15 is 0 Å². The summed E-state index contributed by atoms with van der Waals surface area (Å²) >= 11 is 0. The lowest BCUT2D eigenvalue weighted by atomic mass is 10.2. The van der Waals surface area contributed by atoms with Gasteiger partial charge in [-0.1, -0.05) is 12.1 Å². The van der Waals surface area contributed by atoms with Crippen molar-refractivity contribution in [2.45, 2.75) is 25.8 Å². The SMILES string of the molecule is CN=C(NCc1cccc2c1OCCCO2)N(C)CCOCC1CC1.I. The first-order valence-electron chi connectivity index (χ1n) is 9.15. The number of nitrogens with zero attached hydrogens (tertiary/aromatic N) is 2. The van der Waals surface area contributed by atoms with Gasteiger partial charge in [-0.3, -0.25) is 4.99 Å². The third-order valence-electron chi connectivity index (χ3n) is 4.48. The van der Waals surface area contributed by atoms with E-state index in [9.17, 15) is 0 Å². The lowest BCUT2D eigenvalue weighted by Gasteiger charge is -2.22. The van der Waals surface area contributed by atoms with E-state index in [0.29, 0.717) is 19.8 Å². The van der Waals surface area contributed by atoms with E-state index in [0.717, 1.165) is 55.1 Å². The molecule has 26 heavy (non-hydrogen) atoms. The summed E-state index contributed by atoms with van der Waals surface area (Å²) in [6.07, 6.45) is 3.56. The van der Waals surface area contributed by atoms with Gasteiger partial charge in [-0.05, 0) is 24.8 Å². The van der Waals surface area contributed by atoms with Gasteiger partial charge >= 0.3 is 0 Å². The van der Waals surface area contributed by atoms with Gasteiger partial charge < -0.3 is 24.4 Å². The molecule has 3 rings (SSSR count). The van der Waals surface area contributed by atoms with Crippen molar-refractivity contribution in [1.82, 2.24) is 10.2 Å². The van der Waals surface area contributed by atoms with E-state index in [2.05, 4.69) is 21.3 Å². The number of hydrogen-bond acceptors (Lipinski definition) is 4. The van der Waals surface area contributed by atoms with Gasteiger partial charge in [0.25, 0.3) is 0 Å². The van der Waals surface area contributed by atoms with Crippen molar-refractivity contribution >= 4 is 29.9 Å². The van der Waals surface area contributed by atoms with Gasteiger partial charge in [-0.15, -0.1) is 24.0 Å². The van der Waals surface area contributed by atoms with Crippen LogP contribution in [-0.2, 0) is 11.3 Å². The van der Waals surface area contributed by atoms with Crippen LogP contribution in [0.5, 0.6) is 11.5 Å². The second-order valence-electron chi connectivity index (χ2n) is 6.64. The fourth-order valence-electron chi connectivity index (χ4n) is 2.79. The molecular formula is C19H30IN3O3. The standard InChI is InChI=1S/C19H29N3O3.HI/c1-20-19(22(2)9-12-23-14-15-7-8-15)21-13-16-5-3-6-17-18(16)25-11-4-10-24-17;/h3,5-6,15H,4,7-14H2,1-2H3,(H,20,21);1H. The van der Waals surface area contributed by atoms with Crippen LogP contribution >= 0.6 is 24.0 Å². The van der Waals surface area contributed by atoms with Gasteiger partial charge in [0.15, 0.2) is 17.5 Å². The molecule has 0 unspecified atom stereocenters. The Morgan fingerprint density at radius 2 is 2.12 bits per heavy atom. The molecule has 0 spiro atoms. The van der Waals surface area contributed by atoms with Crippen molar-refractivity contribution in [3.05, 3.63) is 23.8 Å². The molecule has 0 saturated heterocycles. The lowest BCUT2D eigenvalue weighted by Crippen LogP contribution is -2.40. The molecule has 1 heterocycles. The minimum Gasteiger partial charge on any atom is -0.490 e. The van der Waals surface area contributed by atoms with Crippen LogP contribution in [0.15, 0.2) is 23.2 Å². The Labute approximate surface area is 173 Å². The molecule has 1 N–H and O–H groups in total. The molecule has 1 aliphatic carbocycles. The fraction of sp³-hybridized carbons (Fsp3) is 0.632. The third kappa shape index (κ3) is 6.19. The van der Waals surface area contributed by atoms with Gasteiger partial charge in [0, 0.05) is 45.8 Å². The predicted molar refractivity (Wildman–Crippen MR) is 114 cm³/mol.